The van der Waals surface area contributed by atoms with Crippen molar-refractivity contribution in [2.45, 2.75) is 16.3 Å². The lowest BCUT2D eigenvalue weighted by Gasteiger charge is -2.04. The van der Waals surface area contributed by atoms with E-state index in [0.29, 0.717) is 10.6 Å². The van der Waals surface area contributed by atoms with E-state index >= 15 is 0 Å². The van der Waals surface area contributed by atoms with Gasteiger partial charge in [0, 0.05) is 22.3 Å². The van der Waals surface area contributed by atoms with Gasteiger partial charge >= 0.3 is 0 Å². The summed E-state index contributed by atoms with van der Waals surface area (Å²) in [5.74, 6) is -0.846. The Labute approximate surface area is 137 Å². The van der Waals surface area contributed by atoms with Crippen molar-refractivity contribution in [3.63, 3.8) is 0 Å². The van der Waals surface area contributed by atoms with Crippen LogP contribution in [-0.4, -0.2) is 17.9 Å². The molecule has 4 nitrogen and oxygen atoms in total. The summed E-state index contributed by atoms with van der Waals surface area (Å²) >= 11 is 1.33. The minimum atomic E-state index is -0.532. The summed E-state index contributed by atoms with van der Waals surface area (Å²) in [4.78, 5) is 16.2. The highest BCUT2D eigenvalue weighted by molar-refractivity contribution is 7.99. The number of halogens is 1. The Morgan fingerprint density at radius 3 is 2.83 bits per heavy atom. The summed E-state index contributed by atoms with van der Waals surface area (Å²) < 4.78 is 13.4. The summed E-state index contributed by atoms with van der Waals surface area (Å²) in [5, 5.41) is 4.00. The fraction of sp³-hybridized carbons (Fsp3) is 0.118. The van der Waals surface area contributed by atoms with Crippen molar-refractivity contribution in [1.29, 1.82) is 0 Å². The number of aromatic amines is 1. The van der Waals surface area contributed by atoms with Gasteiger partial charge in [-0.15, -0.1) is 0 Å². The summed E-state index contributed by atoms with van der Waals surface area (Å²) in [7, 11) is 1.87. The lowest BCUT2D eigenvalue weighted by molar-refractivity contribution is 0.0993. The summed E-state index contributed by atoms with van der Waals surface area (Å²) in [6.07, 6.45) is 0. The monoisotopic (exact) mass is 329 g/mol. The summed E-state index contributed by atoms with van der Waals surface area (Å²) in [5.41, 5.74) is 7.76. The van der Waals surface area contributed by atoms with Crippen LogP contribution in [0.15, 0.2) is 52.3 Å². The fourth-order valence-corrected chi connectivity index (χ4v) is 3.54. The number of nitrogens with two attached hydrogens (primary N) is 1. The first-order valence-electron chi connectivity index (χ1n) is 7.11. The predicted molar refractivity (Wildman–Crippen MR) is 90.1 cm³/mol. The van der Waals surface area contributed by atoms with Gasteiger partial charge in [0.2, 0.25) is 0 Å². The summed E-state index contributed by atoms with van der Waals surface area (Å²) in [6, 6.07) is 12.2. The molecule has 1 heterocycles. The zero-order valence-corrected chi connectivity index (χ0v) is 13.3. The molecule has 4 N–H and O–H groups in total. The van der Waals surface area contributed by atoms with Gasteiger partial charge in [-0.25, -0.2) is 4.39 Å². The van der Waals surface area contributed by atoms with Crippen LogP contribution in [-0.2, 0) is 6.54 Å². The van der Waals surface area contributed by atoms with Gasteiger partial charge in [-0.2, -0.15) is 0 Å². The van der Waals surface area contributed by atoms with E-state index in [4.69, 9.17) is 5.73 Å². The van der Waals surface area contributed by atoms with E-state index in [-0.39, 0.29) is 5.82 Å². The average molecular weight is 329 g/mol. The molecular formula is C17H16FN3OS. The average Bonchev–Trinajstić information content (AvgIpc) is 2.86. The highest BCUT2D eigenvalue weighted by atomic mass is 32.2. The van der Waals surface area contributed by atoms with Gasteiger partial charge < -0.3 is 16.0 Å². The number of carbonyl (C=O) groups is 1. The van der Waals surface area contributed by atoms with Crippen LogP contribution in [0.4, 0.5) is 4.39 Å². The number of rotatable bonds is 5. The molecule has 1 amide bonds. The minimum absolute atomic E-state index is 0.314. The molecule has 0 aliphatic rings. The fourth-order valence-electron chi connectivity index (χ4n) is 2.46. The van der Waals surface area contributed by atoms with Crippen LogP contribution in [0.3, 0.4) is 0 Å². The quantitative estimate of drug-likeness (QED) is 0.673. The maximum absolute atomic E-state index is 13.4. The number of benzene rings is 2. The van der Waals surface area contributed by atoms with E-state index in [1.807, 2.05) is 25.2 Å². The van der Waals surface area contributed by atoms with E-state index in [1.54, 1.807) is 12.1 Å². The third-order valence-electron chi connectivity index (χ3n) is 3.46. The van der Waals surface area contributed by atoms with E-state index in [2.05, 4.69) is 10.3 Å². The second kappa shape index (κ2) is 6.44. The number of hydrogen-bond donors (Lipinski definition) is 3. The SMILES string of the molecule is CNCc1ccc2[nH]c(C(N)=O)c(Sc3cccc(F)c3)c2c1. The molecule has 0 unspecified atom stereocenters. The van der Waals surface area contributed by atoms with Crippen LogP contribution in [0.5, 0.6) is 0 Å². The van der Waals surface area contributed by atoms with Crippen LogP contribution in [0.2, 0.25) is 0 Å². The number of H-pyrrole nitrogens is 1. The van der Waals surface area contributed by atoms with Crippen LogP contribution in [0, 0.1) is 5.82 Å². The molecule has 0 fully saturated rings. The molecule has 3 aromatic rings. The Kier molecular flexibility index (Phi) is 4.36. The number of fused-ring (bicyclic) bond motifs is 1. The molecule has 118 valence electrons. The molecule has 0 aliphatic carbocycles. The molecule has 6 heteroatoms. The smallest absolute Gasteiger partial charge is 0.266 e. The van der Waals surface area contributed by atoms with Crippen molar-refractivity contribution in [1.82, 2.24) is 10.3 Å². The Hall–Kier alpha value is -2.31. The molecule has 0 radical (unpaired) electrons. The number of hydrogen-bond acceptors (Lipinski definition) is 3. The standard InChI is InChI=1S/C17H16FN3OS/c1-20-9-10-5-6-14-13(7-10)16(15(21-14)17(19)22)23-12-4-2-3-11(18)8-12/h2-8,20-21H,9H2,1H3,(H2,19,22). The van der Waals surface area contributed by atoms with Gasteiger partial charge in [0.15, 0.2) is 0 Å². The zero-order valence-electron chi connectivity index (χ0n) is 12.5. The number of primary amides is 1. The maximum atomic E-state index is 13.4. The predicted octanol–water partition coefficient (Wildman–Crippen LogP) is 3.28. The molecule has 2 aromatic carbocycles. The Morgan fingerprint density at radius 1 is 1.30 bits per heavy atom. The van der Waals surface area contributed by atoms with E-state index < -0.39 is 5.91 Å². The van der Waals surface area contributed by atoms with Crippen molar-refractivity contribution in [2.75, 3.05) is 7.05 Å². The van der Waals surface area contributed by atoms with Gasteiger partial charge in [0.1, 0.15) is 11.5 Å². The van der Waals surface area contributed by atoms with Crippen LogP contribution in [0.1, 0.15) is 16.1 Å². The highest BCUT2D eigenvalue weighted by Gasteiger charge is 2.17. The van der Waals surface area contributed by atoms with E-state index in [0.717, 1.165) is 27.9 Å². The number of aromatic nitrogens is 1. The molecule has 0 bridgehead atoms. The molecule has 0 saturated heterocycles. The molecule has 0 saturated carbocycles. The lowest BCUT2D eigenvalue weighted by Crippen LogP contribution is -2.12. The Bertz CT molecular complexity index is 875. The molecule has 1 aromatic heterocycles. The molecule has 3 rings (SSSR count). The first-order valence-corrected chi connectivity index (χ1v) is 7.92. The van der Waals surface area contributed by atoms with Crippen molar-refractivity contribution < 1.29 is 9.18 Å². The van der Waals surface area contributed by atoms with E-state index in [1.165, 1.54) is 23.9 Å². The van der Waals surface area contributed by atoms with Gasteiger partial charge in [0.25, 0.3) is 5.91 Å². The normalized spacial score (nSPS) is 11.0. The number of carbonyl (C=O) groups excluding carboxylic acids is 1. The van der Waals surface area contributed by atoms with Crippen LogP contribution >= 0.6 is 11.8 Å². The second-order valence-corrected chi connectivity index (χ2v) is 6.25. The first kappa shape index (κ1) is 15.6. The van der Waals surface area contributed by atoms with E-state index in [9.17, 15) is 9.18 Å². The zero-order chi connectivity index (χ0) is 16.4. The van der Waals surface area contributed by atoms with Gasteiger partial charge in [-0.05, 0) is 42.9 Å². The molecule has 23 heavy (non-hydrogen) atoms. The first-order chi connectivity index (χ1) is 11.1. The largest absolute Gasteiger partial charge is 0.364 e. The van der Waals surface area contributed by atoms with Crippen LogP contribution < -0.4 is 11.1 Å². The topological polar surface area (TPSA) is 70.9 Å². The van der Waals surface area contributed by atoms with Crippen molar-refractivity contribution in [3.05, 3.63) is 59.5 Å². The molecular weight excluding hydrogens is 313 g/mol. The maximum Gasteiger partial charge on any atom is 0.266 e. The number of nitrogens with one attached hydrogen (secondary N) is 2. The van der Waals surface area contributed by atoms with Gasteiger partial charge in [0.05, 0.1) is 4.90 Å². The van der Waals surface area contributed by atoms with Gasteiger partial charge in [-0.1, -0.05) is 23.9 Å². The third kappa shape index (κ3) is 3.23. The lowest BCUT2D eigenvalue weighted by atomic mass is 10.1. The molecule has 0 aliphatic heterocycles. The molecule has 0 spiro atoms. The highest BCUT2D eigenvalue weighted by Crippen LogP contribution is 2.37. The Balaban J connectivity index is 2.12. The van der Waals surface area contributed by atoms with Crippen LogP contribution in [0.25, 0.3) is 10.9 Å². The summed E-state index contributed by atoms with van der Waals surface area (Å²) in [6.45, 7) is 0.719. The van der Waals surface area contributed by atoms with Crippen molar-refractivity contribution >= 4 is 28.6 Å². The van der Waals surface area contributed by atoms with Crippen molar-refractivity contribution in [3.8, 4) is 0 Å². The minimum Gasteiger partial charge on any atom is -0.364 e. The Morgan fingerprint density at radius 2 is 2.13 bits per heavy atom. The third-order valence-corrected chi connectivity index (χ3v) is 4.58. The molecule has 0 atom stereocenters. The van der Waals surface area contributed by atoms with Crippen molar-refractivity contribution in [2.24, 2.45) is 5.73 Å². The second-order valence-electron chi connectivity index (χ2n) is 5.16. The number of amides is 1. The van der Waals surface area contributed by atoms with Gasteiger partial charge in [-0.3, -0.25) is 4.79 Å².